The summed E-state index contributed by atoms with van der Waals surface area (Å²) in [6.07, 6.45) is 1.69. The summed E-state index contributed by atoms with van der Waals surface area (Å²) in [6, 6.07) is 10.1. The van der Waals surface area contributed by atoms with Gasteiger partial charge in [-0.2, -0.15) is 0 Å². The molecule has 0 saturated carbocycles. The summed E-state index contributed by atoms with van der Waals surface area (Å²) in [4.78, 5) is 15.0. The number of hydrogen-bond donors (Lipinski definition) is 1. The number of nitrogens with zero attached hydrogens (tertiary/aromatic N) is 1. The zero-order valence-corrected chi connectivity index (χ0v) is 17.7. The number of carbonyl (C=O) groups excluding carboxylic acids is 1. The Morgan fingerprint density at radius 1 is 1.13 bits per heavy atom. The fourth-order valence-corrected chi connectivity index (χ4v) is 4.84. The average molecular weight is 432 g/mol. The molecule has 160 valence electrons. The van der Waals surface area contributed by atoms with Crippen LogP contribution in [0.25, 0.3) is 0 Å². The van der Waals surface area contributed by atoms with Crippen LogP contribution >= 0.6 is 0 Å². The molecule has 2 aliphatic rings. The molecule has 30 heavy (non-hydrogen) atoms. The Kier molecular flexibility index (Phi) is 5.57. The number of rotatable bonds is 5. The van der Waals surface area contributed by atoms with Crippen molar-refractivity contribution < 1.29 is 27.4 Å². The molecule has 0 bridgehead atoms. The molecule has 0 unspecified atom stereocenters. The van der Waals surface area contributed by atoms with Crippen molar-refractivity contribution in [2.24, 2.45) is 0 Å². The van der Waals surface area contributed by atoms with Crippen LogP contribution in [-0.4, -0.2) is 53.1 Å². The highest BCUT2D eigenvalue weighted by Crippen LogP contribution is 2.39. The van der Waals surface area contributed by atoms with Gasteiger partial charge in [0.2, 0.25) is 10.0 Å². The van der Waals surface area contributed by atoms with E-state index in [2.05, 4.69) is 4.72 Å². The van der Waals surface area contributed by atoms with Gasteiger partial charge in [0.25, 0.3) is 5.91 Å². The van der Waals surface area contributed by atoms with Crippen molar-refractivity contribution in [1.82, 2.24) is 9.62 Å². The predicted molar refractivity (Wildman–Crippen MR) is 110 cm³/mol. The largest absolute Gasteiger partial charge is 0.495 e. The van der Waals surface area contributed by atoms with Crippen LogP contribution in [0.4, 0.5) is 0 Å². The van der Waals surface area contributed by atoms with Crippen LogP contribution in [-0.2, 0) is 10.0 Å². The van der Waals surface area contributed by atoms with E-state index in [4.69, 9.17) is 14.2 Å². The molecule has 8 nitrogen and oxygen atoms in total. The number of carbonyl (C=O) groups is 1. The Morgan fingerprint density at radius 2 is 1.90 bits per heavy atom. The number of hydrogen-bond acceptors (Lipinski definition) is 6. The summed E-state index contributed by atoms with van der Waals surface area (Å²) >= 11 is 0. The molecule has 0 radical (unpaired) electrons. The molecule has 1 fully saturated rings. The summed E-state index contributed by atoms with van der Waals surface area (Å²) in [5.41, 5.74) is 1.27. The highest BCUT2D eigenvalue weighted by atomic mass is 32.2. The third-order valence-electron chi connectivity index (χ3n) is 5.43. The van der Waals surface area contributed by atoms with Gasteiger partial charge in [-0.1, -0.05) is 6.07 Å². The zero-order chi connectivity index (χ0) is 21.3. The first-order valence-corrected chi connectivity index (χ1v) is 11.2. The first kappa shape index (κ1) is 20.5. The number of amides is 1. The molecule has 4 rings (SSSR count). The number of sulfonamides is 1. The van der Waals surface area contributed by atoms with Crippen molar-refractivity contribution in [3.05, 3.63) is 47.5 Å². The number of fused-ring (bicyclic) bond motifs is 1. The predicted octanol–water partition coefficient (Wildman–Crippen LogP) is 2.35. The summed E-state index contributed by atoms with van der Waals surface area (Å²) in [5, 5.41) is 0. The first-order valence-electron chi connectivity index (χ1n) is 9.76. The van der Waals surface area contributed by atoms with E-state index in [1.165, 1.54) is 26.3 Å². The van der Waals surface area contributed by atoms with Crippen molar-refractivity contribution in [2.75, 3.05) is 33.9 Å². The van der Waals surface area contributed by atoms with E-state index >= 15 is 0 Å². The average Bonchev–Trinajstić information content (AvgIpc) is 3.27. The second-order valence-electron chi connectivity index (χ2n) is 7.13. The molecule has 2 heterocycles. The van der Waals surface area contributed by atoms with Crippen molar-refractivity contribution >= 4 is 15.9 Å². The van der Waals surface area contributed by atoms with Gasteiger partial charge in [0.1, 0.15) is 23.9 Å². The lowest BCUT2D eigenvalue weighted by Gasteiger charge is -2.27. The Balaban J connectivity index is 1.65. The van der Waals surface area contributed by atoms with E-state index in [9.17, 15) is 13.2 Å². The Bertz CT molecular complexity index is 1070. The van der Waals surface area contributed by atoms with E-state index in [1.807, 2.05) is 18.2 Å². The third-order valence-corrected chi connectivity index (χ3v) is 6.87. The van der Waals surface area contributed by atoms with Crippen LogP contribution in [0.2, 0.25) is 0 Å². The lowest BCUT2D eigenvalue weighted by molar-refractivity contribution is 0.0735. The number of likely N-dealkylation sites (tertiary alicyclic amines) is 1. The number of nitrogens with one attached hydrogen (secondary N) is 1. The van der Waals surface area contributed by atoms with Crippen LogP contribution in [0.1, 0.15) is 34.8 Å². The molecule has 0 aliphatic carbocycles. The second-order valence-corrected chi connectivity index (χ2v) is 8.99. The molecular formula is C21H24N2O6S. The fraction of sp³-hybridized carbons (Fsp3) is 0.381. The SMILES string of the molecule is CNS(=O)(=O)c1cc(C(=O)N2CCC[C@H]2c2ccc3c(c2)OCCO3)ccc1OC. The molecule has 1 N–H and O–H groups in total. The van der Waals surface area contributed by atoms with Crippen molar-refractivity contribution in [1.29, 1.82) is 0 Å². The summed E-state index contributed by atoms with van der Waals surface area (Å²) in [6.45, 7) is 1.62. The monoisotopic (exact) mass is 432 g/mol. The Labute approximate surface area is 175 Å². The summed E-state index contributed by atoms with van der Waals surface area (Å²) in [7, 11) is -1.06. The molecule has 0 aromatic heterocycles. The maximum Gasteiger partial charge on any atom is 0.254 e. The van der Waals surface area contributed by atoms with Crippen LogP contribution in [0, 0.1) is 0 Å². The lowest BCUT2D eigenvalue weighted by atomic mass is 10.0. The standard InChI is InChI=1S/C21H24N2O6S/c1-22-30(25,26)20-13-15(6-8-18(20)27-2)21(24)23-9-3-4-16(23)14-5-7-17-19(12-14)29-11-10-28-17/h5-8,12-13,16,22H,3-4,9-11H2,1-2H3/t16-/m0/s1. The van der Waals surface area contributed by atoms with Crippen LogP contribution in [0.5, 0.6) is 17.2 Å². The Morgan fingerprint density at radius 3 is 2.63 bits per heavy atom. The normalized spacial score (nSPS) is 18.3. The molecule has 0 spiro atoms. The molecule has 1 saturated heterocycles. The molecule has 2 aromatic rings. The van der Waals surface area contributed by atoms with E-state index < -0.39 is 10.0 Å². The van der Waals surface area contributed by atoms with Crippen molar-refractivity contribution in [2.45, 2.75) is 23.8 Å². The van der Waals surface area contributed by atoms with Gasteiger partial charge in [-0.25, -0.2) is 13.1 Å². The number of ether oxygens (including phenoxy) is 3. The zero-order valence-electron chi connectivity index (χ0n) is 16.9. The highest BCUT2D eigenvalue weighted by molar-refractivity contribution is 7.89. The minimum atomic E-state index is -3.77. The van der Waals surface area contributed by atoms with Gasteiger partial charge in [0.15, 0.2) is 11.5 Å². The number of methoxy groups -OCH3 is 1. The third kappa shape index (κ3) is 3.70. The van der Waals surface area contributed by atoms with Crippen LogP contribution in [0.15, 0.2) is 41.3 Å². The summed E-state index contributed by atoms with van der Waals surface area (Å²) in [5.74, 6) is 1.36. The van der Waals surface area contributed by atoms with Gasteiger partial charge in [0, 0.05) is 12.1 Å². The smallest absolute Gasteiger partial charge is 0.254 e. The lowest BCUT2D eigenvalue weighted by Crippen LogP contribution is -2.31. The molecule has 1 amide bonds. The van der Waals surface area contributed by atoms with Crippen molar-refractivity contribution in [3.8, 4) is 17.2 Å². The maximum absolute atomic E-state index is 13.3. The van der Waals surface area contributed by atoms with E-state index in [-0.39, 0.29) is 22.6 Å². The van der Waals surface area contributed by atoms with Gasteiger partial charge in [-0.15, -0.1) is 0 Å². The molecule has 2 aliphatic heterocycles. The van der Waals surface area contributed by atoms with Crippen LogP contribution < -0.4 is 18.9 Å². The highest BCUT2D eigenvalue weighted by Gasteiger charge is 2.32. The van der Waals surface area contributed by atoms with Gasteiger partial charge in [-0.05, 0) is 55.8 Å². The van der Waals surface area contributed by atoms with Crippen molar-refractivity contribution in [3.63, 3.8) is 0 Å². The molecule has 2 aromatic carbocycles. The summed E-state index contributed by atoms with van der Waals surface area (Å²) < 4.78 is 43.4. The maximum atomic E-state index is 13.3. The number of benzene rings is 2. The minimum Gasteiger partial charge on any atom is -0.495 e. The second kappa shape index (κ2) is 8.16. The van der Waals surface area contributed by atoms with Gasteiger partial charge in [0.05, 0.1) is 13.2 Å². The van der Waals surface area contributed by atoms with Crippen LogP contribution in [0.3, 0.4) is 0 Å². The molecular weight excluding hydrogens is 408 g/mol. The minimum absolute atomic E-state index is 0.0616. The van der Waals surface area contributed by atoms with Gasteiger partial charge in [-0.3, -0.25) is 4.79 Å². The van der Waals surface area contributed by atoms with Gasteiger partial charge < -0.3 is 19.1 Å². The Hall–Kier alpha value is -2.78. The van der Waals surface area contributed by atoms with Gasteiger partial charge >= 0.3 is 0 Å². The fourth-order valence-electron chi connectivity index (χ4n) is 3.92. The van der Waals surface area contributed by atoms with E-state index in [1.54, 1.807) is 11.0 Å². The van der Waals surface area contributed by atoms with E-state index in [0.29, 0.717) is 36.8 Å². The van der Waals surface area contributed by atoms with E-state index in [0.717, 1.165) is 18.4 Å². The first-order chi connectivity index (χ1) is 14.4. The topological polar surface area (TPSA) is 94.2 Å². The quantitative estimate of drug-likeness (QED) is 0.780. The molecule has 9 heteroatoms. The molecule has 1 atom stereocenters.